The first-order valence-electron chi connectivity index (χ1n) is 5.14. The van der Waals surface area contributed by atoms with Crippen LogP contribution < -0.4 is 5.73 Å². The number of ketones is 1. The first-order valence-corrected chi connectivity index (χ1v) is 5.14. The maximum atomic E-state index is 12.7. The maximum absolute atomic E-state index is 12.7. The lowest BCUT2D eigenvalue weighted by molar-refractivity contribution is 0.0993. The smallest absolute Gasteiger partial charge is 0.167 e. The standard InChI is InChI=1S/C13H11FN2O/c14-11-3-1-10(2-4-11)12(17)7-9-5-6-16-13(15)8-9/h1-6,8H,7H2,(H2,15,16). The molecule has 0 unspecified atom stereocenters. The predicted molar refractivity (Wildman–Crippen MR) is 63.1 cm³/mol. The maximum Gasteiger partial charge on any atom is 0.167 e. The molecule has 1 aromatic heterocycles. The highest BCUT2D eigenvalue weighted by Crippen LogP contribution is 2.10. The van der Waals surface area contributed by atoms with E-state index in [2.05, 4.69) is 4.98 Å². The lowest BCUT2D eigenvalue weighted by Gasteiger charge is -2.02. The van der Waals surface area contributed by atoms with Crippen LogP contribution in [-0.2, 0) is 6.42 Å². The Hall–Kier alpha value is -2.23. The Kier molecular flexibility index (Phi) is 3.14. The van der Waals surface area contributed by atoms with Gasteiger partial charge in [0.2, 0.25) is 0 Å². The molecular formula is C13H11FN2O. The van der Waals surface area contributed by atoms with Gasteiger partial charge in [-0.1, -0.05) is 0 Å². The van der Waals surface area contributed by atoms with E-state index in [9.17, 15) is 9.18 Å². The van der Waals surface area contributed by atoms with Gasteiger partial charge in [-0.25, -0.2) is 9.37 Å². The van der Waals surface area contributed by atoms with Gasteiger partial charge >= 0.3 is 0 Å². The van der Waals surface area contributed by atoms with Crippen LogP contribution in [0, 0.1) is 5.82 Å². The number of nitrogens with zero attached hydrogens (tertiary/aromatic N) is 1. The topological polar surface area (TPSA) is 56.0 Å². The Labute approximate surface area is 98.1 Å². The zero-order valence-corrected chi connectivity index (χ0v) is 9.06. The molecule has 4 heteroatoms. The second-order valence-electron chi connectivity index (χ2n) is 3.70. The summed E-state index contributed by atoms with van der Waals surface area (Å²) in [4.78, 5) is 15.7. The molecule has 0 amide bonds. The van der Waals surface area contributed by atoms with Crippen molar-refractivity contribution in [1.29, 1.82) is 0 Å². The third-order valence-corrected chi connectivity index (χ3v) is 2.38. The van der Waals surface area contributed by atoms with Crippen molar-refractivity contribution in [2.75, 3.05) is 5.73 Å². The summed E-state index contributed by atoms with van der Waals surface area (Å²) >= 11 is 0. The van der Waals surface area contributed by atoms with Crippen LogP contribution in [-0.4, -0.2) is 10.8 Å². The van der Waals surface area contributed by atoms with Gasteiger partial charge < -0.3 is 5.73 Å². The highest BCUT2D eigenvalue weighted by molar-refractivity contribution is 5.97. The normalized spacial score (nSPS) is 10.2. The minimum Gasteiger partial charge on any atom is -0.384 e. The Balaban J connectivity index is 2.14. The Morgan fingerprint density at radius 1 is 1.24 bits per heavy atom. The molecule has 0 atom stereocenters. The van der Waals surface area contributed by atoms with Crippen molar-refractivity contribution < 1.29 is 9.18 Å². The molecule has 86 valence electrons. The highest BCUT2D eigenvalue weighted by Gasteiger charge is 2.07. The fourth-order valence-corrected chi connectivity index (χ4v) is 1.53. The van der Waals surface area contributed by atoms with Gasteiger partial charge in [0.05, 0.1) is 0 Å². The average Bonchev–Trinajstić information content (AvgIpc) is 2.29. The number of carbonyl (C=O) groups excluding carboxylic acids is 1. The zero-order valence-electron chi connectivity index (χ0n) is 9.06. The average molecular weight is 230 g/mol. The van der Waals surface area contributed by atoms with Gasteiger partial charge in [0.25, 0.3) is 0 Å². The predicted octanol–water partition coefficient (Wildman–Crippen LogP) is 2.23. The molecule has 1 heterocycles. The Morgan fingerprint density at radius 2 is 1.94 bits per heavy atom. The van der Waals surface area contributed by atoms with Gasteiger partial charge in [-0.2, -0.15) is 0 Å². The van der Waals surface area contributed by atoms with Crippen molar-refractivity contribution in [1.82, 2.24) is 4.98 Å². The van der Waals surface area contributed by atoms with E-state index in [0.717, 1.165) is 5.56 Å². The van der Waals surface area contributed by atoms with E-state index < -0.39 is 0 Å². The van der Waals surface area contributed by atoms with Crippen LogP contribution in [0.5, 0.6) is 0 Å². The number of nitrogen functional groups attached to an aromatic ring is 1. The summed E-state index contributed by atoms with van der Waals surface area (Å²) < 4.78 is 12.7. The van der Waals surface area contributed by atoms with Crippen molar-refractivity contribution in [2.45, 2.75) is 6.42 Å². The molecule has 0 radical (unpaired) electrons. The van der Waals surface area contributed by atoms with Crippen LogP contribution >= 0.6 is 0 Å². The van der Waals surface area contributed by atoms with E-state index in [0.29, 0.717) is 11.4 Å². The van der Waals surface area contributed by atoms with E-state index in [1.807, 2.05) is 0 Å². The SMILES string of the molecule is Nc1cc(CC(=O)c2ccc(F)cc2)ccn1. The minimum atomic E-state index is -0.352. The number of Topliss-reactive ketones (excluding diaryl/α,β-unsaturated/α-hetero) is 1. The quantitative estimate of drug-likeness (QED) is 0.822. The number of pyridine rings is 1. The van der Waals surface area contributed by atoms with Crippen molar-refractivity contribution in [2.24, 2.45) is 0 Å². The van der Waals surface area contributed by atoms with E-state index in [1.54, 1.807) is 18.3 Å². The molecule has 0 saturated heterocycles. The second-order valence-corrected chi connectivity index (χ2v) is 3.70. The summed E-state index contributed by atoms with van der Waals surface area (Å²) in [5.41, 5.74) is 6.81. The van der Waals surface area contributed by atoms with E-state index in [-0.39, 0.29) is 18.0 Å². The van der Waals surface area contributed by atoms with E-state index in [1.165, 1.54) is 24.3 Å². The number of halogens is 1. The van der Waals surface area contributed by atoms with Gasteiger partial charge in [0, 0.05) is 18.2 Å². The molecule has 2 N–H and O–H groups in total. The minimum absolute atomic E-state index is 0.0735. The van der Waals surface area contributed by atoms with E-state index >= 15 is 0 Å². The van der Waals surface area contributed by atoms with Crippen molar-refractivity contribution in [3.05, 3.63) is 59.5 Å². The van der Waals surface area contributed by atoms with Crippen LogP contribution in [0.1, 0.15) is 15.9 Å². The van der Waals surface area contributed by atoms with Crippen molar-refractivity contribution in [3.63, 3.8) is 0 Å². The first-order chi connectivity index (χ1) is 8.15. The number of rotatable bonds is 3. The number of hydrogen-bond acceptors (Lipinski definition) is 3. The molecule has 17 heavy (non-hydrogen) atoms. The molecule has 2 aromatic rings. The molecule has 0 saturated carbocycles. The number of hydrogen-bond donors (Lipinski definition) is 1. The second kappa shape index (κ2) is 4.74. The molecule has 0 aliphatic heterocycles. The number of carbonyl (C=O) groups is 1. The molecule has 0 aliphatic carbocycles. The monoisotopic (exact) mass is 230 g/mol. The molecule has 0 spiro atoms. The van der Waals surface area contributed by atoms with E-state index in [4.69, 9.17) is 5.73 Å². The number of nitrogens with two attached hydrogens (primary N) is 1. The Morgan fingerprint density at radius 3 is 2.59 bits per heavy atom. The third-order valence-electron chi connectivity index (χ3n) is 2.38. The van der Waals surface area contributed by atoms with Crippen LogP contribution in [0.2, 0.25) is 0 Å². The molecule has 3 nitrogen and oxygen atoms in total. The first kappa shape index (κ1) is 11.3. The van der Waals surface area contributed by atoms with Gasteiger partial charge in [-0.15, -0.1) is 0 Å². The third kappa shape index (κ3) is 2.87. The number of aromatic nitrogens is 1. The summed E-state index contributed by atoms with van der Waals surface area (Å²) in [7, 11) is 0. The molecule has 0 aliphatic rings. The largest absolute Gasteiger partial charge is 0.384 e. The van der Waals surface area contributed by atoms with Crippen molar-refractivity contribution in [3.8, 4) is 0 Å². The fraction of sp³-hybridized carbons (Fsp3) is 0.0769. The van der Waals surface area contributed by atoms with Crippen LogP contribution in [0.25, 0.3) is 0 Å². The summed E-state index contributed by atoms with van der Waals surface area (Å²) in [6.45, 7) is 0. The fourth-order valence-electron chi connectivity index (χ4n) is 1.53. The Bertz CT molecular complexity index is 537. The van der Waals surface area contributed by atoms with Crippen molar-refractivity contribution >= 4 is 11.6 Å². The van der Waals surface area contributed by atoms with Crippen LogP contribution in [0.3, 0.4) is 0 Å². The number of benzene rings is 1. The molecule has 0 bridgehead atoms. The lowest BCUT2D eigenvalue weighted by atomic mass is 10.0. The summed E-state index contributed by atoms with van der Waals surface area (Å²) in [6, 6.07) is 8.88. The summed E-state index contributed by atoms with van der Waals surface area (Å²) in [5.74, 6) is -0.0419. The zero-order chi connectivity index (χ0) is 12.3. The van der Waals surface area contributed by atoms with Gasteiger partial charge in [-0.3, -0.25) is 4.79 Å². The van der Waals surface area contributed by atoms with Gasteiger partial charge in [0.15, 0.2) is 5.78 Å². The lowest BCUT2D eigenvalue weighted by Crippen LogP contribution is -2.04. The van der Waals surface area contributed by atoms with Gasteiger partial charge in [0.1, 0.15) is 11.6 Å². The molecule has 0 fully saturated rings. The highest BCUT2D eigenvalue weighted by atomic mass is 19.1. The molecule has 2 rings (SSSR count). The van der Waals surface area contributed by atoms with Crippen LogP contribution in [0.15, 0.2) is 42.6 Å². The van der Waals surface area contributed by atoms with Gasteiger partial charge in [-0.05, 0) is 42.0 Å². The molecule has 1 aromatic carbocycles. The number of anilines is 1. The molecular weight excluding hydrogens is 219 g/mol. The van der Waals surface area contributed by atoms with Crippen LogP contribution in [0.4, 0.5) is 10.2 Å². The summed E-state index contributed by atoms with van der Waals surface area (Å²) in [6.07, 6.45) is 1.79. The summed E-state index contributed by atoms with van der Waals surface area (Å²) in [5, 5.41) is 0.